The van der Waals surface area contributed by atoms with E-state index in [9.17, 15) is 4.39 Å². The van der Waals surface area contributed by atoms with Crippen molar-refractivity contribution in [3.8, 4) is 16.9 Å². The molecule has 0 aliphatic heterocycles. The van der Waals surface area contributed by atoms with Crippen molar-refractivity contribution in [1.82, 2.24) is 4.98 Å². The van der Waals surface area contributed by atoms with Gasteiger partial charge >= 0.3 is 0 Å². The Kier molecular flexibility index (Phi) is 2.37. The van der Waals surface area contributed by atoms with Crippen molar-refractivity contribution >= 4 is 0 Å². The number of halogens is 1. The molecular formula is C12H10FNO. The van der Waals surface area contributed by atoms with Crippen LogP contribution in [0.5, 0.6) is 5.75 Å². The molecule has 1 heterocycles. The van der Waals surface area contributed by atoms with Crippen molar-refractivity contribution in [3.05, 3.63) is 48.0 Å². The van der Waals surface area contributed by atoms with Crippen LogP contribution < -0.4 is 0 Å². The highest BCUT2D eigenvalue weighted by Crippen LogP contribution is 2.25. The topological polar surface area (TPSA) is 33.1 Å². The molecule has 0 radical (unpaired) electrons. The molecule has 2 nitrogen and oxygen atoms in total. The normalized spacial score (nSPS) is 10.3. The number of hydrogen-bond donors (Lipinski definition) is 1. The smallest absolute Gasteiger partial charge is 0.134 e. The lowest BCUT2D eigenvalue weighted by Crippen LogP contribution is -1.86. The molecule has 3 heteroatoms. The summed E-state index contributed by atoms with van der Waals surface area (Å²) >= 11 is 0. The highest BCUT2D eigenvalue weighted by Gasteiger charge is 2.05. The highest BCUT2D eigenvalue weighted by atomic mass is 19.1. The van der Waals surface area contributed by atoms with E-state index >= 15 is 0 Å². The Labute approximate surface area is 87.0 Å². The molecule has 0 aliphatic rings. The molecule has 0 saturated heterocycles. The third kappa shape index (κ3) is 1.96. The number of nitrogens with zero attached hydrogens (tertiary/aromatic N) is 1. The molecular weight excluding hydrogens is 193 g/mol. The summed E-state index contributed by atoms with van der Waals surface area (Å²) in [4.78, 5) is 3.99. The van der Waals surface area contributed by atoms with Crippen LogP contribution in [0, 0.1) is 12.7 Å². The van der Waals surface area contributed by atoms with Crippen LogP contribution >= 0.6 is 0 Å². The Bertz CT molecular complexity index is 497. The number of aryl methyl sites for hydroxylation is 1. The van der Waals surface area contributed by atoms with Gasteiger partial charge in [0.25, 0.3) is 0 Å². The van der Waals surface area contributed by atoms with Crippen LogP contribution in [-0.4, -0.2) is 10.1 Å². The summed E-state index contributed by atoms with van der Waals surface area (Å²) in [5, 5.41) is 9.08. The van der Waals surface area contributed by atoms with E-state index in [2.05, 4.69) is 4.98 Å². The first-order valence-electron chi connectivity index (χ1n) is 4.57. The number of pyridine rings is 1. The van der Waals surface area contributed by atoms with E-state index in [1.165, 1.54) is 6.07 Å². The van der Waals surface area contributed by atoms with Gasteiger partial charge in [0.05, 0.1) is 0 Å². The third-order valence-corrected chi connectivity index (χ3v) is 2.14. The second kappa shape index (κ2) is 3.69. The third-order valence-electron chi connectivity index (χ3n) is 2.14. The maximum absolute atomic E-state index is 13.5. The standard InChI is InChI=1S/C12H10FNO/c1-8-4-9(7-14-6-8)11-3-2-10(15)5-12(11)13/h2-7,15H,1H3. The average molecular weight is 203 g/mol. The molecule has 0 atom stereocenters. The van der Waals surface area contributed by atoms with Crippen molar-refractivity contribution in [2.24, 2.45) is 0 Å². The molecule has 15 heavy (non-hydrogen) atoms. The Hall–Kier alpha value is -1.90. The number of aromatic hydroxyl groups is 1. The van der Waals surface area contributed by atoms with Crippen molar-refractivity contribution < 1.29 is 9.50 Å². The highest BCUT2D eigenvalue weighted by molar-refractivity contribution is 5.64. The summed E-state index contributed by atoms with van der Waals surface area (Å²) in [7, 11) is 0. The van der Waals surface area contributed by atoms with Gasteiger partial charge in [0.15, 0.2) is 0 Å². The minimum atomic E-state index is -0.442. The van der Waals surface area contributed by atoms with Crippen molar-refractivity contribution in [2.75, 3.05) is 0 Å². The molecule has 76 valence electrons. The fourth-order valence-corrected chi connectivity index (χ4v) is 1.44. The van der Waals surface area contributed by atoms with E-state index in [1.54, 1.807) is 18.5 Å². The number of aromatic nitrogens is 1. The zero-order chi connectivity index (χ0) is 10.8. The minimum Gasteiger partial charge on any atom is -0.508 e. The second-order valence-electron chi connectivity index (χ2n) is 3.42. The Balaban J connectivity index is 2.54. The number of phenolic OH excluding ortho intramolecular Hbond substituents is 1. The summed E-state index contributed by atoms with van der Waals surface area (Å²) in [6.07, 6.45) is 3.31. The molecule has 0 spiro atoms. The van der Waals surface area contributed by atoms with Crippen molar-refractivity contribution in [3.63, 3.8) is 0 Å². The summed E-state index contributed by atoms with van der Waals surface area (Å²) < 4.78 is 13.5. The van der Waals surface area contributed by atoms with Gasteiger partial charge in [0.1, 0.15) is 11.6 Å². The van der Waals surface area contributed by atoms with Crippen LogP contribution in [0.4, 0.5) is 4.39 Å². The van der Waals surface area contributed by atoms with Crippen LogP contribution in [0.25, 0.3) is 11.1 Å². The van der Waals surface area contributed by atoms with Crippen LogP contribution in [0.3, 0.4) is 0 Å². The molecule has 0 saturated carbocycles. The van der Waals surface area contributed by atoms with Gasteiger partial charge in [-0.25, -0.2) is 4.39 Å². The fraction of sp³-hybridized carbons (Fsp3) is 0.0833. The van der Waals surface area contributed by atoms with E-state index in [-0.39, 0.29) is 5.75 Å². The second-order valence-corrected chi connectivity index (χ2v) is 3.42. The first-order valence-corrected chi connectivity index (χ1v) is 4.57. The predicted octanol–water partition coefficient (Wildman–Crippen LogP) is 2.90. The lowest BCUT2D eigenvalue weighted by molar-refractivity contribution is 0.469. The van der Waals surface area contributed by atoms with Crippen LogP contribution in [0.1, 0.15) is 5.56 Å². The largest absolute Gasteiger partial charge is 0.508 e. The molecule has 1 aromatic heterocycles. The number of rotatable bonds is 1. The molecule has 1 N–H and O–H groups in total. The van der Waals surface area contributed by atoms with Crippen LogP contribution in [0.2, 0.25) is 0 Å². The quantitative estimate of drug-likeness (QED) is 0.773. The summed E-state index contributed by atoms with van der Waals surface area (Å²) in [6, 6.07) is 5.95. The van der Waals surface area contributed by atoms with Crippen LogP contribution in [-0.2, 0) is 0 Å². The van der Waals surface area contributed by atoms with E-state index < -0.39 is 5.82 Å². The maximum atomic E-state index is 13.5. The van der Waals surface area contributed by atoms with Gasteiger partial charge in [0.2, 0.25) is 0 Å². The molecule has 2 aromatic rings. The van der Waals surface area contributed by atoms with Crippen LogP contribution in [0.15, 0.2) is 36.7 Å². The average Bonchev–Trinajstić information content (AvgIpc) is 2.17. The first kappa shape index (κ1) is 9.65. The van der Waals surface area contributed by atoms with Gasteiger partial charge in [-0.3, -0.25) is 4.98 Å². The molecule has 0 amide bonds. The van der Waals surface area contributed by atoms with E-state index in [4.69, 9.17) is 5.11 Å². The zero-order valence-electron chi connectivity index (χ0n) is 8.24. The predicted molar refractivity (Wildman–Crippen MR) is 56.0 cm³/mol. The zero-order valence-corrected chi connectivity index (χ0v) is 8.24. The number of phenols is 1. The van der Waals surface area contributed by atoms with Crippen molar-refractivity contribution in [2.45, 2.75) is 6.92 Å². The van der Waals surface area contributed by atoms with E-state index in [1.807, 2.05) is 13.0 Å². The monoisotopic (exact) mass is 203 g/mol. The van der Waals surface area contributed by atoms with Gasteiger partial charge in [-0.15, -0.1) is 0 Å². The number of hydrogen-bond acceptors (Lipinski definition) is 2. The summed E-state index contributed by atoms with van der Waals surface area (Å²) in [6.45, 7) is 1.90. The Morgan fingerprint density at radius 1 is 1.20 bits per heavy atom. The lowest BCUT2D eigenvalue weighted by Gasteiger charge is -2.04. The lowest BCUT2D eigenvalue weighted by atomic mass is 10.1. The van der Waals surface area contributed by atoms with Crippen molar-refractivity contribution in [1.29, 1.82) is 0 Å². The van der Waals surface area contributed by atoms with E-state index in [0.29, 0.717) is 11.1 Å². The van der Waals surface area contributed by atoms with Gasteiger partial charge in [-0.05, 0) is 30.7 Å². The van der Waals surface area contributed by atoms with Gasteiger partial charge < -0.3 is 5.11 Å². The number of benzene rings is 1. The van der Waals surface area contributed by atoms with E-state index in [0.717, 1.165) is 11.6 Å². The Morgan fingerprint density at radius 3 is 2.67 bits per heavy atom. The molecule has 2 rings (SSSR count). The molecule has 0 fully saturated rings. The first-order chi connectivity index (χ1) is 7.16. The SMILES string of the molecule is Cc1cncc(-c2ccc(O)cc2F)c1. The Morgan fingerprint density at radius 2 is 2.00 bits per heavy atom. The van der Waals surface area contributed by atoms with Gasteiger partial charge in [-0.1, -0.05) is 0 Å². The molecule has 1 aromatic carbocycles. The fourth-order valence-electron chi connectivity index (χ4n) is 1.44. The molecule has 0 aliphatic carbocycles. The van der Waals surface area contributed by atoms with Gasteiger partial charge in [-0.2, -0.15) is 0 Å². The summed E-state index contributed by atoms with van der Waals surface area (Å²) in [5.41, 5.74) is 2.14. The minimum absolute atomic E-state index is 0.0723. The summed E-state index contributed by atoms with van der Waals surface area (Å²) in [5.74, 6) is -0.515. The van der Waals surface area contributed by atoms with Gasteiger partial charge in [0, 0.05) is 29.6 Å². The maximum Gasteiger partial charge on any atom is 0.134 e. The molecule has 0 bridgehead atoms. The molecule has 0 unspecified atom stereocenters.